The van der Waals surface area contributed by atoms with Gasteiger partial charge in [0.15, 0.2) is 0 Å². The molecule has 2 aromatic rings. The second-order valence-electron chi connectivity index (χ2n) is 12.4. The highest BCUT2D eigenvalue weighted by molar-refractivity contribution is 5.83. The number of nitrogens with zero attached hydrogens (tertiary/aromatic N) is 1. The van der Waals surface area contributed by atoms with Crippen molar-refractivity contribution < 1.29 is 24.6 Å². The third kappa shape index (κ3) is 4.92. The number of nitrogens with two attached hydrogens (primary N) is 1. The van der Waals surface area contributed by atoms with E-state index in [1.165, 1.54) is 6.42 Å². The first-order valence-corrected chi connectivity index (χ1v) is 14.1. The molecule has 1 saturated heterocycles. The molecule has 3 aliphatic carbocycles. The number of carbonyl (C=O) groups is 1. The van der Waals surface area contributed by atoms with Crippen molar-refractivity contribution in [1.82, 2.24) is 10.4 Å². The second kappa shape index (κ2) is 10.7. The maximum atomic E-state index is 13.9. The van der Waals surface area contributed by atoms with Crippen molar-refractivity contribution in [2.45, 2.75) is 71.4 Å². The molecule has 6 rings (SSSR count). The van der Waals surface area contributed by atoms with Crippen molar-refractivity contribution in [3.63, 3.8) is 0 Å². The van der Waals surface area contributed by atoms with E-state index >= 15 is 0 Å². The van der Waals surface area contributed by atoms with Gasteiger partial charge in [0.2, 0.25) is 5.91 Å². The predicted octanol–water partition coefficient (Wildman–Crippen LogP) is 3.61. The Kier molecular flexibility index (Phi) is 7.68. The molecule has 0 aromatic heterocycles. The Morgan fingerprint density at radius 1 is 1.26 bits per heavy atom. The monoisotopic (exact) mass is 537 g/mol. The van der Waals surface area contributed by atoms with E-state index in [-0.39, 0.29) is 25.1 Å². The molecule has 1 aliphatic heterocycles. The lowest BCUT2D eigenvalue weighted by molar-refractivity contribution is -0.183. The van der Waals surface area contributed by atoms with E-state index in [1.807, 2.05) is 42.5 Å². The van der Waals surface area contributed by atoms with Gasteiger partial charge in [0.05, 0.1) is 26.4 Å². The molecule has 4 fully saturated rings. The molecule has 0 unspecified atom stereocenters. The zero-order valence-corrected chi connectivity index (χ0v) is 23.6. The molecule has 1 heterocycles. The zero-order valence-electron chi connectivity index (χ0n) is 23.6. The minimum Gasteiger partial charge on any atom is -0.496 e. The van der Waals surface area contributed by atoms with Crippen LogP contribution in [0.3, 0.4) is 0 Å². The van der Waals surface area contributed by atoms with Crippen molar-refractivity contribution in [1.29, 1.82) is 0 Å². The molecule has 0 spiro atoms. The third-order valence-corrected chi connectivity index (χ3v) is 9.89. The first kappa shape index (κ1) is 27.9. The molecule has 212 valence electrons. The van der Waals surface area contributed by atoms with Crippen LogP contribution in [0, 0.1) is 29.1 Å². The lowest BCUT2D eigenvalue weighted by atomic mass is 9.45. The molecule has 8 atom stereocenters. The number of carbonyl (C=O) groups excluding carboxylic acids is 1. The maximum Gasteiger partial charge on any atom is 0.240 e. The first-order chi connectivity index (χ1) is 18.6. The van der Waals surface area contributed by atoms with Crippen molar-refractivity contribution in [2.24, 2.45) is 29.1 Å². The van der Waals surface area contributed by atoms with Crippen LogP contribution in [-0.4, -0.2) is 59.2 Å². The minimum absolute atomic E-state index is 0.0837. The highest BCUT2D eigenvalue weighted by atomic mass is 16.7. The number of ether oxygens (including phenoxy) is 1. The number of benzene rings is 2. The Bertz CT molecular complexity index is 1200. The lowest BCUT2D eigenvalue weighted by Crippen LogP contribution is -2.62. The summed E-state index contributed by atoms with van der Waals surface area (Å²) >= 11 is 0. The van der Waals surface area contributed by atoms with Gasteiger partial charge in [0.25, 0.3) is 0 Å². The van der Waals surface area contributed by atoms with Gasteiger partial charge in [-0.2, -0.15) is 5.06 Å². The van der Waals surface area contributed by atoms with Gasteiger partial charge in [-0.25, -0.2) is 0 Å². The van der Waals surface area contributed by atoms with Crippen LogP contribution in [-0.2, 0) is 16.2 Å². The number of aliphatic hydroxyl groups excluding tert-OH is 2. The molecule has 4 aliphatic rings. The van der Waals surface area contributed by atoms with Gasteiger partial charge in [-0.15, -0.1) is 0 Å². The number of nitrogens with one attached hydrogen (secondary N) is 1. The number of methoxy groups -OCH3 is 1. The number of rotatable bonds is 8. The van der Waals surface area contributed by atoms with Crippen LogP contribution in [0.15, 0.2) is 42.5 Å². The number of para-hydroxylation sites is 1. The number of aliphatic hydroxyl groups is 2. The van der Waals surface area contributed by atoms with Crippen LogP contribution in [0.2, 0.25) is 0 Å². The van der Waals surface area contributed by atoms with Gasteiger partial charge in [-0.05, 0) is 60.6 Å². The number of amides is 1. The second-order valence-corrected chi connectivity index (χ2v) is 12.4. The highest BCUT2D eigenvalue weighted by Crippen LogP contribution is 2.61. The van der Waals surface area contributed by atoms with Crippen molar-refractivity contribution in [2.75, 3.05) is 19.5 Å². The Balaban J connectivity index is 1.42. The molecule has 3 saturated carbocycles. The predicted molar refractivity (Wildman–Crippen MR) is 150 cm³/mol. The fraction of sp³-hybridized carbons (Fsp3) is 0.581. The van der Waals surface area contributed by atoms with Gasteiger partial charge < -0.3 is 26.0 Å². The van der Waals surface area contributed by atoms with Crippen LogP contribution in [0.4, 0.5) is 5.69 Å². The van der Waals surface area contributed by atoms with Gasteiger partial charge in [-0.3, -0.25) is 9.63 Å². The van der Waals surface area contributed by atoms with Crippen LogP contribution in [0.1, 0.15) is 46.1 Å². The van der Waals surface area contributed by atoms with Crippen molar-refractivity contribution in [3.8, 4) is 16.9 Å². The zero-order chi connectivity index (χ0) is 28.1. The summed E-state index contributed by atoms with van der Waals surface area (Å²) in [6, 6.07) is 12.8. The Morgan fingerprint density at radius 2 is 2.00 bits per heavy atom. The first-order valence-electron chi connectivity index (χ1n) is 14.1. The molecular formula is C31H43N3O5. The number of hydroxylamine groups is 2. The topological polar surface area (TPSA) is 117 Å². The standard InChI is InChI=1S/C31H43N3O5/c1-17-24-13-21(31(24,3)4)14-25(17)33-30(37)28-27(18(2)36)26(16-35)39-34(28)15-20-9-7-11-23(29(20)38-5)19-8-6-10-22(32)12-19/h6-12,17-18,21,24-28,35-36H,13-16,32H2,1-5H3,(H,33,37)/t17-,18-,21+,24-,25-,26-,27+,28-/m0/s1. The summed E-state index contributed by atoms with van der Waals surface area (Å²) in [5, 5.41) is 25.8. The molecular weight excluding hydrogens is 494 g/mol. The largest absolute Gasteiger partial charge is 0.496 e. The molecule has 8 nitrogen and oxygen atoms in total. The number of hydrogen-bond acceptors (Lipinski definition) is 7. The fourth-order valence-electron chi connectivity index (χ4n) is 7.54. The molecule has 8 heteroatoms. The Labute approximate surface area is 231 Å². The van der Waals surface area contributed by atoms with Crippen molar-refractivity contribution in [3.05, 3.63) is 48.0 Å². The van der Waals surface area contributed by atoms with Gasteiger partial charge >= 0.3 is 0 Å². The summed E-state index contributed by atoms with van der Waals surface area (Å²) in [5.74, 6) is 1.49. The quantitative estimate of drug-likeness (QED) is 0.380. The average molecular weight is 538 g/mol. The average Bonchev–Trinajstić information content (AvgIpc) is 3.28. The van der Waals surface area contributed by atoms with E-state index in [4.69, 9.17) is 15.3 Å². The Morgan fingerprint density at radius 3 is 2.62 bits per heavy atom. The molecule has 39 heavy (non-hydrogen) atoms. The summed E-state index contributed by atoms with van der Waals surface area (Å²) in [4.78, 5) is 20.1. The van der Waals surface area contributed by atoms with Crippen LogP contribution in [0.25, 0.3) is 11.1 Å². The minimum atomic E-state index is -0.848. The maximum absolute atomic E-state index is 13.9. The molecule has 1 amide bonds. The normalized spacial score (nSPS) is 32.3. The van der Waals surface area contributed by atoms with Crippen LogP contribution < -0.4 is 15.8 Å². The fourth-order valence-corrected chi connectivity index (χ4v) is 7.54. The van der Waals surface area contributed by atoms with E-state index in [1.54, 1.807) is 19.1 Å². The number of hydrogen-bond donors (Lipinski definition) is 4. The molecule has 2 aromatic carbocycles. The lowest BCUT2D eigenvalue weighted by Gasteiger charge is -2.62. The smallest absolute Gasteiger partial charge is 0.240 e. The van der Waals surface area contributed by atoms with E-state index in [0.717, 1.165) is 23.1 Å². The highest BCUT2D eigenvalue weighted by Gasteiger charge is 2.57. The molecule has 5 N–H and O–H groups in total. The summed E-state index contributed by atoms with van der Waals surface area (Å²) in [6.07, 6.45) is 0.646. The number of anilines is 1. The van der Waals surface area contributed by atoms with Gasteiger partial charge in [-0.1, -0.05) is 51.1 Å². The molecule has 0 radical (unpaired) electrons. The van der Waals surface area contributed by atoms with Gasteiger partial charge in [0.1, 0.15) is 17.9 Å². The van der Waals surface area contributed by atoms with E-state index in [9.17, 15) is 15.0 Å². The SMILES string of the molecule is COc1c(CN2O[C@@H](CO)[C@@H]([C@H](C)O)[C@H]2C(=O)N[C@H]2C[C@H]3C[C@@H]([C@@H]2C)C3(C)C)cccc1-c1cccc(N)c1. The summed E-state index contributed by atoms with van der Waals surface area (Å²) in [6.45, 7) is 8.53. The van der Waals surface area contributed by atoms with Gasteiger partial charge in [0, 0.05) is 28.8 Å². The molecule has 2 bridgehead atoms. The third-order valence-electron chi connectivity index (χ3n) is 9.89. The number of fused-ring (bicyclic) bond motifs is 2. The van der Waals surface area contributed by atoms with Crippen LogP contribution >= 0.6 is 0 Å². The van der Waals surface area contributed by atoms with Crippen molar-refractivity contribution >= 4 is 11.6 Å². The summed E-state index contributed by atoms with van der Waals surface area (Å²) in [7, 11) is 1.62. The Hall–Kier alpha value is -2.65. The van der Waals surface area contributed by atoms with E-state index < -0.39 is 24.2 Å². The van der Waals surface area contributed by atoms with E-state index in [2.05, 4.69) is 26.1 Å². The van der Waals surface area contributed by atoms with E-state index in [0.29, 0.717) is 34.6 Å². The summed E-state index contributed by atoms with van der Waals surface area (Å²) in [5.41, 5.74) is 9.64. The van der Waals surface area contributed by atoms with Crippen LogP contribution in [0.5, 0.6) is 5.75 Å². The summed E-state index contributed by atoms with van der Waals surface area (Å²) < 4.78 is 5.85. The number of nitrogen functional groups attached to an aromatic ring is 1.